The van der Waals surface area contributed by atoms with E-state index in [-0.39, 0.29) is 0 Å². The summed E-state index contributed by atoms with van der Waals surface area (Å²) < 4.78 is 5.80. The molecule has 1 aromatic carbocycles. The molecule has 3 rings (SSSR count). The van der Waals surface area contributed by atoms with Crippen molar-refractivity contribution >= 4 is 11.8 Å². The number of hydrogen-bond donors (Lipinski definition) is 1. The van der Waals surface area contributed by atoms with E-state index in [2.05, 4.69) is 41.7 Å². The molecule has 0 amide bonds. The van der Waals surface area contributed by atoms with Gasteiger partial charge in [0, 0.05) is 10.9 Å². The topological polar surface area (TPSA) is 25.2 Å². The largest absolute Gasteiger partial charge is 0.464 e. The van der Waals surface area contributed by atoms with Crippen LogP contribution in [0.15, 0.2) is 51.8 Å². The number of rotatable bonds is 6. The molecule has 18 heavy (non-hydrogen) atoms. The molecule has 0 unspecified atom stereocenters. The van der Waals surface area contributed by atoms with Gasteiger partial charge in [0.25, 0.3) is 0 Å². The van der Waals surface area contributed by atoms with Crippen LogP contribution in [0, 0.1) is 0 Å². The van der Waals surface area contributed by atoms with Gasteiger partial charge >= 0.3 is 0 Å². The lowest BCUT2D eigenvalue weighted by Gasteiger charge is -2.00. The van der Waals surface area contributed by atoms with Gasteiger partial charge in [-0.25, -0.2) is 0 Å². The number of nitrogens with one attached hydrogen (secondary N) is 1. The number of thioether (sulfide) groups is 1. The third-order valence-electron chi connectivity index (χ3n) is 2.98. The molecule has 1 fully saturated rings. The molecule has 0 spiro atoms. The zero-order chi connectivity index (χ0) is 12.2. The summed E-state index contributed by atoms with van der Waals surface area (Å²) in [6.45, 7) is 0.862. The average molecular weight is 259 g/mol. The molecule has 2 nitrogen and oxygen atoms in total. The van der Waals surface area contributed by atoms with Gasteiger partial charge in [-0.1, -0.05) is 18.2 Å². The van der Waals surface area contributed by atoms with E-state index in [0.29, 0.717) is 0 Å². The SMILES string of the molecule is c1ccc(SCc2ccc(CNC3CC3)o2)cc1. The smallest absolute Gasteiger partial charge is 0.118 e. The molecule has 1 aromatic heterocycles. The molecular formula is C15H17NOS. The van der Waals surface area contributed by atoms with Crippen molar-refractivity contribution in [3.05, 3.63) is 54.0 Å². The molecule has 1 aliphatic rings. The number of hydrogen-bond acceptors (Lipinski definition) is 3. The molecule has 0 saturated heterocycles. The standard InChI is InChI=1S/C15H17NOS/c1-2-4-15(5-3-1)18-11-14-9-8-13(17-14)10-16-12-6-7-12/h1-5,8-9,12,16H,6-7,10-11H2. The molecule has 0 radical (unpaired) electrons. The van der Waals surface area contributed by atoms with Gasteiger partial charge in [0.1, 0.15) is 11.5 Å². The van der Waals surface area contributed by atoms with Gasteiger partial charge in [-0.05, 0) is 37.1 Å². The van der Waals surface area contributed by atoms with Crippen LogP contribution < -0.4 is 5.32 Å². The summed E-state index contributed by atoms with van der Waals surface area (Å²) in [5, 5.41) is 3.46. The van der Waals surface area contributed by atoms with Crippen molar-refractivity contribution in [3.63, 3.8) is 0 Å². The maximum Gasteiger partial charge on any atom is 0.118 e. The quantitative estimate of drug-likeness (QED) is 0.798. The van der Waals surface area contributed by atoms with E-state index in [0.717, 1.165) is 29.9 Å². The van der Waals surface area contributed by atoms with E-state index in [1.165, 1.54) is 17.7 Å². The van der Waals surface area contributed by atoms with Crippen LogP contribution in [0.1, 0.15) is 24.4 Å². The van der Waals surface area contributed by atoms with Crippen molar-refractivity contribution in [2.45, 2.75) is 36.1 Å². The van der Waals surface area contributed by atoms with E-state index in [1.54, 1.807) is 0 Å². The molecule has 0 aliphatic heterocycles. The molecule has 1 saturated carbocycles. The van der Waals surface area contributed by atoms with Crippen LogP contribution >= 0.6 is 11.8 Å². The van der Waals surface area contributed by atoms with E-state index < -0.39 is 0 Å². The van der Waals surface area contributed by atoms with Crippen LogP contribution in [0.3, 0.4) is 0 Å². The van der Waals surface area contributed by atoms with Crippen LogP contribution in [0.2, 0.25) is 0 Å². The summed E-state index contributed by atoms with van der Waals surface area (Å²) in [6.07, 6.45) is 2.63. The Balaban J connectivity index is 1.50. The Morgan fingerprint density at radius 3 is 2.61 bits per heavy atom. The lowest BCUT2D eigenvalue weighted by Crippen LogP contribution is -2.14. The first-order valence-electron chi connectivity index (χ1n) is 6.39. The molecular weight excluding hydrogens is 242 g/mol. The summed E-state index contributed by atoms with van der Waals surface area (Å²) in [4.78, 5) is 1.28. The number of benzene rings is 1. The molecule has 1 aliphatic carbocycles. The summed E-state index contributed by atoms with van der Waals surface area (Å²) >= 11 is 1.81. The maximum atomic E-state index is 5.80. The fourth-order valence-electron chi connectivity index (χ4n) is 1.80. The lowest BCUT2D eigenvalue weighted by atomic mass is 10.4. The van der Waals surface area contributed by atoms with Crippen molar-refractivity contribution in [1.82, 2.24) is 5.32 Å². The second kappa shape index (κ2) is 5.63. The van der Waals surface area contributed by atoms with Crippen molar-refractivity contribution in [1.29, 1.82) is 0 Å². The highest BCUT2D eigenvalue weighted by molar-refractivity contribution is 7.98. The summed E-state index contributed by atoms with van der Waals surface area (Å²) in [7, 11) is 0. The van der Waals surface area contributed by atoms with Gasteiger partial charge in [-0.2, -0.15) is 0 Å². The summed E-state index contributed by atoms with van der Waals surface area (Å²) in [5.41, 5.74) is 0. The van der Waals surface area contributed by atoms with Gasteiger partial charge in [0.05, 0.1) is 12.3 Å². The Bertz CT molecular complexity index is 490. The van der Waals surface area contributed by atoms with Crippen LogP contribution in [0.4, 0.5) is 0 Å². The predicted octanol–water partition coefficient (Wildman–Crippen LogP) is 3.82. The van der Waals surface area contributed by atoms with E-state index in [4.69, 9.17) is 4.42 Å². The Morgan fingerprint density at radius 1 is 1.06 bits per heavy atom. The zero-order valence-corrected chi connectivity index (χ0v) is 11.1. The summed E-state index contributed by atoms with van der Waals surface area (Å²) in [5.74, 6) is 3.00. The minimum Gasteiger partial charge on any atom is -0.464 e. The minimum atomic E-state index is 0.734. The Morgan fingerprint density at radius 2 is 1.83 bits per heavy atom. The first-order chi connectivity index (χ1) is 8.90. The minimum absolute atomic E-state index is 0.734. The first kappa shape index (κ1) is 11.9. The average Bonchev–Trinajstić information content (AvgIpc) is 3.14. The normalized spacial score (nSPS) is 14.9. The highest BCUT2D eigenvalue weighted by Gasteiger charge is 2.20. The Labute approximate surface area is 112 Å². The zero-order valence-electron chi connectivity index (χ0n) is 10.3. The third-order valence-corrected chi connectivity index (χ3v) is 4.02. The number of furan rings is 1. The predicted molar refractivity (Wildman–Crippen MR) is 74.6 cm³/mol. The first-order valence-corrected chi connectivity index (χ1v) is 7.37. The third kappa shape index (κ3) is 3.40. The van der Waals surface area contributed by atoms with Gasteiger partial charge < -0.3 is 9.73 Å². The van der Waals surface area contributed by atoms with E-state index >= 15 is 0 Å². The molecule has 94 valence electrons. The molecule has 1 N–H and O–H groups in total. The molecule has 0 bridgehead atoms. The second-order valence-corrected chi connectivity index (χ2v) is 5.67. The molecule has 2 aromatic rings. The Kier molecular flexibility index (Phi) is 3.72. The van der Waals surface area contributed by atoms with Crippen molar-refractivity contribution in [3.8, 4) is 0 Å². The lowest BCUT2D eigenvalue weighted by molar-refractivity contribution is 0.458. The molecule has 1 heterocycles. The van der Waals surface area contributed by atoms with Crippen molar-refractivity contribution in [2.24, 2.45) is 0 Å². The van der Waals surface area contributed by atoms with E-state index in [1.807, 2.05) is 17.8 Å². The van der Waals surface area contributed by atoms with Crippen LogP contribution in [-0.2, 0) is 12.3 Å². The Hall–Kier alpha value is -1.19. The van der Waals surface area contributed by atoms with Gasteiger partial charge in [-0.15, -0.1) is 11.8 Å². The highest BCUT2D eigenvalue weighted by Crippen LogP contribution is 2.24. The fourth-order valence-corrected chi connectivity index (χ4v) is 2.61. The fraction of sp³-hybridized carbons (Fsp3) is 0.333. The van der Waals surface area contributed by atoms with Gasteiger partial charge in [-0.3, -0.25) is 0 Å². The maximum absolute atomic E-state index is 5.80. The van der Waals surface area contributed by atoms with Crippen molar-refractivity contribution < 1.29 is 4.42 Å². The monoisotopic (exact) mass is 259 g/mol. The van der Waals surface area contributed by atoms with Crippen LogP contribution in [0.25, 0.3) is 0 Å². The summed E-state index contributed by atoms with van der Waals surface area (Å²) in [6, 6.07) is 15.3. The highest BCUT2D eigenvalue weighted by atomic mass is 32.2. The molecule has 0 atom stereocenters. The van der Waals surface area contributed by atoms with Crippen LogP contribution in [-0.4, -0.2) is 6.04 Å². The van der Waals surface area contributed by atoms with E-state index in [9.17, 15) is 0 Å². The van der Waals surface area contributed by atoms with Gasteiger partial charge in [0.15, 0.2) is 0 Å². The van der Waals surface area contributed by atoms with Crippen LogP contribution in [0.5, 0.6) is 0 Å². The van der Waals surface area contributed by atoms with Gasteiger partial charge in [0.2, 0.25) is 0 Å². The van der Waals surface area contributed by atoms with Crippen molar-refractivity contribution in [2.75, 3.05) is 0 Å². The molecule has 3 heteroatoms. The second-order valence-electron chi connectivity index (χ2n) is 4.62.